The Morgan fingerprint density at radius 2 is 1.71 bits per heavy atom. The Hall–Kier alpha value is -2.77. The predicted octanol–water partition coefficient (Wildman–Crippen LogP) is 5.97. The van der Waals surface area contributed by atoms with Crippen molar-refractivity contribution in [2.45, 2.75) is 89.8 Å². The molecule has 2 aliphatic rings. The summed E-state index contributed by atoms with van der Waals surface area (Å²) in [6, 6.07) is 13.0. The third-order valence-corrected chi connectivity index (χ3v) is 7.38. The standard InChI is InChI=1S/C31H39NO3/c1-29(2)20-30(3,4)35-27-23(19-32(7)25-15-16-25)17-22(18-26(27)29)10-9-21-11-13-24(14-12-21)31(5,6)28(33)34-8/h11-14,17-18,25H,15-16,19-20H2,1-8H3. The first-order valence-corrected chi connectivity index (χ1v) is 12.6. The van der Waals surface area contributed by atoms with Crippen molar-refractivity contribution in [3.63, 3.8) is 0 Å². The molecule has 35 heavy (non-hydrogen) atoms. The van der Waals surface area contributed by atoms with Gasteiger partial charge in [-0.1, -0.05) is 37.8 Å². The number of hydrogen-bond donors (Lipinski definition) is 0. The molecule has 0 radical (unpaired) electrons. The summed E-state index contributed by atoms with van der Waals surface area (Å²) < 4.78 is 11.5. The fourth-order valence-electron chi connectivity index (χ4n) is 5.37. The van der Waals surface area contributed by atoms with Crippen LogP contribution in [-0.2, 0) is 26.9 Å². The summed E-state index contributed by atoms with van der Waals surface area (Å²) in [6.07, 6.45) is 3.51. The molecule has 1 heterocycles. The number of carbonyl (C=O) groups is 1. The van der Waals surface area contributed by atoms with E-state index in [0.29, 0.717) is 6.04 Å². The number of methoxy groups -OCH3 is 1. The van der Waals surface area contributed by atoms with Gasteiger partial charge in [-0.25, -0.2) is 0 Å². The van der Waals surface area contributed by atoms with Gasteiger partial charge < -0.3 is 9.47 Å². The molecular weight excluding hydrogens is 434 g/mol. The lowest BCUT2D eigenvalue weighted by Gasteiger charge is -2.43. The number of benzene rings is 2. The average molecular weight is 474 g/mol. The van der Waals surface area contributed by atoms with E-state index in [0.717, 1.165) is 35.4 Å². The van der Waals surface area contributed by atoms with Crippen molar-refractivity contribution in [1.29, 1.82) is 0 Å². The summed E-state index contributed by atoms with van der Waals surface area (Å²) in [5.74, 6) is 7.53. The van der Waals surface area contributed by atoms with E-state index in [1.807, 2.05) is 38.1 Å². The summed E-state index contributed by atoms with van der Waals surface area (Å²) >= 11 is 0. The topological polar surface area (TPSA) is 38.8 Å². The first-order valence-electron chi connectivity index (χ1n) is 12.6. The van der Waals surface area contributed by atoms with E-state index < -0.39 is 5.41 Å². The molecular formula is C31H39NO3. The van der Waals surface area contributed by atoms with E-state index in [2.05, 4.69) is 63.6 Å². The van der Waals surface area contributed by atoms with Crippen molar-refractivity contribution in [3.05, 3.63) is 64.2 Å². The van der Waals surface area contributed by atoms with Gasteiger partial charge >= 0.3 is 5.97 Å². The minimum atomic E-state index is -0.693. The molecule has 4 heteroatoms. The fraction of sp³-hybridized carbons (Fsp3) is 0.516. The van der Waals surface area contributed by atoms with Crippen LogP contribution in [0.5, 0.6) is 5.75 Å². The molecule has 0 spiro atoms. The summed E-state index contributed by atoms with van der Waals surface area (Å²) in [7, 11) is 3.63. The maximum absolute atomic E-state index is 12.1. The van der Waals surface area contributed by atoms with E-state index in [1.165, 1.54) is 31.1 Å². The Kier molecular flexibility index (Phi) is 6.53. The lowest BCUT2D eigenvalue weighted by atomic mass is 9.72. The monoisotopic (exact) mass is 473 g/mol. The quantitative estimate of drug-likeness (QED) is 0.396. The normalized spacial score (nSPS) is 18.2. The predicted molar refractivity (Wildman–Crippen MR) is 141 cm³/mol. The van der Waals surface area contributed by atoms with Crippen molar-refractivity contribution in [1.82, 2.24) is 4.90 Å². The number of hydrogen-bond acceptors (Lipinski definition) is 4. The smallest absolute Gasteiger partial charge is 0.315 e. The maximum atomic E-state index is 12.1. The highest BCUT2D eigenvalue weighted by molar-refractivity contribution is 5.82. The van der Waals surface area contributed by atoms with Crippen molar-refractivity contribution < 1.29 is 14.3 Å². The molecule has 0 N–H and O–H groups in total. The van der Waals surface area contributed by atoms with Gasteiger partial charge in [-0.15, -0.1) is 0 Å². The maximum Gasteiger partial charge on any atom is 0.315 e. The summed E-state index contributed by atoms with van der Waals surface area (Å²) in [5.41, 5.74) is 4.42. The largest absolute Gasteiger partial charge is 0.487 e. The Bertz CT molecular complexity index is 1170. The minimum absolute atomic E-state index is 0.00277. The van der Waals surface area contributed by atoms with E-state index in [1.54, 1.807) is 0 Å². The third kappa shape index (κ3) is 5.41. The molecule has 1 fully saturated rings. The molecule has 0 amide bonds. The molecule has 4 nitrogen and oxygen atoms in total. The van der Waals surface area contributed by atoms with Crippen LogP contribution in [0.15, 0.2) is 36.4 Å². The lowest BCUT2D eigenvalue weighted by molar-refractivity contribution is -0.146. The SMILES string of the molecule is COC(=O)C(C)(C)c1ccc(C#Cc2cc(CN(C)C3CC3)c3c(c2)C(C)(C)CC(C)(C)O3)cc1. The van der Waals surface area contributed by atoms with E-state index in [4.69, 9.17) is 9.47 Å². The van der Waals surface area contributed by atoms with Gasteiger partial charge in [-0.3, -0.25) is 9.69 Å². The van der Waals surface area contributed by atoms with Gasteiger partial charge in [-0.05, 0) is 89.2 Å². The summed E-state index contributed by atoms with van der Waals surface area (Å²) in [5, 5.41) is 0. The zero-order valence-corrected chi connectivity index (χ0v) is 22.5. The molecule has 4 rings (SSSR count). The highest BCUT2D eigenvalue weighted by Gasteiger charge is 2.40. The summed E-state index contributed by atoms with van der Waals surface area (Å²) in [6.45, 7) is 13.6. The highest BCUT2D eigenvalue weighted by atomic mass is 16.5. The molecule has 0 bridgehead atoms. The van der Waals surface area contributed by atoms with Gasteiger partial charge in [0.2, 0.25) is 0 Å². The molecule has 2 aromatic carbocycles. The van der Waals surface area contributed by atoms with E-state index in [-0.39, 0.29) is 17.0 Å². The van der Waals surface area contributed by atoms with Crippen LogP contribution >= 0.6 is 0 Å². The Balaban J connectivity index is 1.68. The number of nitrogens with zero attached hydrogens (tertiary/aromatic N) is 1. The summed E-state index contributed by atoms with van der Waals surface area (Å²) in [4.78, 5) is 14.6. The van der Waals surface area contributed by atoms with Gasteiger partial charge in [0.05, 0.1) is 12.5 Å². The van der Waals surface area contributed by atoms with Gasteiger partial charge in [0.25, 0.3) is 0 Å². The van der Waals surface area contributed by atoms with Crippen molar-refractivity contribution >= 4 is 5.97 Å². The first kappa shape index (κ1) is 25.3. The van der Waals surface area contributed by atoms with Crippen molar-refractivity contribution in [2.24, 2.45) is 0 Å². The molecule has 0 saturated heterocycles. The second kappa shape index (κ2) is 9.03. The van der Waals surface area contributed by atoms with Crippen LogP contribution in [0, 0.1) is 11.8 Å². The van der Waals surface area contributed by atoms with Crippen LogP contribution in [-0.4, -0.2) is 36.7 Å². The van der Waals surface area contributed by atoms with E-state index in [9.17, 15) is 4.79 Å². The zero-order chi connectivity index (χ0) is 25.6. The van der Waals surface area contributed by atoms with Crippen molar-refractivity contribution in [2.75, 3.05) is 14.2 Å². The number of esters is 1. The Labute approximate surface area is 211 Å². The molecule has 2 aromatic rings. The zero-order valence-electron chi connectivity index (χ0n) is 22.5. The molecule has 186 valence electrons. The Morgan fingerprint density at radius 3 is 2.31 bits per heavy atom. The van der Waals surface area contributed by atoms with E-state index >= 15 is 0 Å². The third-order valence-electron chi connectivity index (χ3n) is 7.38. The van der Waals surface area contributed by atoms with Gasteiger partial charge in [-0.2, -0.15) is 0 Å². The fourth-order valence-corrected chi connectivity index (χ4v) is 5.37. The molecule has 1 saturated carbocycles. The van der Waals surface area contributed by atoms with Gasteiger partial charge in [0, 0.05) is 34.8 Å². The molecule has 1 aliphatic carbocycles. The highest BCUT2D eigenvalue weighted by Crippen LogP contribution is 2.47. The minimum Gasteiger partial charge on any atom is -0.487 e. The van der Waals surface area contributed by atoms with Gasteiger partial charge in [0.15, 0.2) is 0 Å². The molecule has 0 unspecified atom stereocenters. The van der Waals surface area contributed by atoms with Crippen LogP contribution in [0.2, 0.25) is 0 Å². The van der Waals surface area contributed by atoms with Crippen LogP contribution < -0.4 is 4.74 Å². The number of fused-ring (bicyclic) bond motifs is 1. The van der Waals surface area contributed by atoms with Crippen LogP contribution in [0.25, 0.3) is 0 Å². The number of ether oxygens (including phenoxy) is 2. The molecule has 1 aliphatic heterocycles. The first-order chi connectivity index (χ1) is 16.3. The number of carbonyl (C=O) groups excluding carboxylic acids is 1. The van der Waals surface area contributed by atoms with Crippen LogP contribution in [0.1, 0.15) is 88.6 Å². The second-order valence-corrected chi connectivity index (χ2v) is 12.0. The second-order valence-electron chi connectivity index (χ2n) is 12.0. The van der Waals surface area contributed by atoms with Crippen molar-refractivity contribution in [3.8, 4) is 17.6 Å². The molecule has 0 atom stereocenters. The Morgan fingerprint density at radius 1 is 1.09 bits per heavy atom. The molecule has 0 aromatic heterocycles. The van der Waals surface area contributed by atoms with Crippen LogP contribution in [0.3, 0.4) is 0 Å². The van der Waals surface area contributed by atoms with Gasteiger partial charge in [0.1, 0.15) is 11.4 Å². The lowest BCUT2D eigenvalue weighted by Crippen LogP contribution is -2.42. The number of rotatable bonds is 5. The average Bonchev–Trinajstić information content (AvgIpc) is 3.62. The van der Waals surface area contributed by atoms with Crippen LogP contribution in [0.4, 0.5) is 0 Å².